The van der Waals surface area contributed by atoms with Crippen LogP contribution in [0.4, 0.5) is 5.69 Å². The predicted molar refractivity (Wildman–Crippen MR) is 75.2 cm³/mol. The second-order valence-corrected chi connectivity index (χ2v) is 4.55. The first-order valence-electron chi connectivity index (χ1n) is 6.51. The molecule has 19 heavy (non-hydrogen) atoms. The number of carbonyl (C=O) groups excluding carboxylic acids is 1. The molecule has 0 aliphatic heterocycles. The summed E-state index contributed by atoms with van der Waals surface area (Å²) in [6.45, 7) is 3.84. The predicted octanol–water partition coefficient (Wildman–Crippen LogP) is 0.980. The van der Waals surface area contributed by atoms with E-state index >= 15 is 0 Å². The number of carbonyl (C=O) groups is 1. The van der Waals surface area contributed by atoms with Gasteiger partial charge in [-0.15, -0.1) is 0 Å². The Bertz CT molecular complexity index is 409. The fourth-order valence-corrected chi connectivity index (χ4v) is 1.53. The third-order valence-electron chi connectivity index (χ3n) is 2.90. The van der Waals surface area contributed by atoms with Crippen LogP contribution in [0.2, 0.25) is 0 Å². The minimum atomic E-state index is -0.842. The molecule has 5 nitrogen and oxygen atoms in total. The fraction of sp³-hybridized carbons (Fsp3) is 0.500. The van der Waals surface area contributed by atoms with Crippen molar-refractivity contribution in [2.45, 2.75) is 32.4 Å². The standard InChI is InChI=1S/C14H22N2O3/c1-3-10(2)16-14(19)12-6-4-5-7-13(12)15-8-11(18)9-17/h4-7,10-11,15,17-18H,3,8-9H2,1-2H3,(H,16,19). The molecule has 106 valence electrons. The van der Waals surface area contributed by atoms with Crippen LogP contribution >= 0.6 is 0 Å². The SMILES string of the molecule is CCC(C)NC(=O)c1ccccc1NCC(O)CO. The highest BCUT2D eigenvalue weighted by atomic mass is 16.3. The Morgan fingerprint density at radius 3 is 2.68 bits per heavy atom. The van der Waals surface area contributed by atoms with E-state index in [1.165, 1.54) is 0 Å². The summed E-state index contributed by atoms with van der Waals surface area (Å²) in [5.74, 6) is -0.143. The number of benzene rings is 1. The van der Waals surface area contributed by atoms with Crippen LogP contribution in [-0.2, 0) is 0 Å². The lowest BCUT2D eigenvalue weighted by atomic mass is 10.1. The fourth-order valence-electron chi connectivity index (χ4n) is 1.53. The van der Waals surface area contributed by atoms with Crippen LogP contribution in [0.15, 0.2) is 24.3 Å². The summed E-state index contributed by atoms with van der Waals surface area (Å²) in [5, 5.41) is 24.0. The van der Waals surface area contributed by atoms with Gasteiger partial charge < -0.3 is 20.8 Å². The lowest BCUT2D eigenvalue weighted by Gasteiger charge is -2.16. The van der Waals surface area contributed by atoms with E-state index in [1.807, 2.05) is 19.9 Å². The van der Waals surface area contributed by atoms with E-state index in [9.17, 15) is 9.90 Å². The maximum Gasteiger partial charge on any atom is 0.253 e. The molecule has 0 aliphatic carbocycles. The Hall–Kier alpha value is -1.59. The van der Waals surface area contributed by atoms with Crippen molar-refractivity contribution < 1.29 is 15.0 Å². The third-order valence-corrected chi connectivity index (χ3v) is 2.90. The summed E-state index contributed by atoms with van der Waals surface area (Å²) in [6.07, 6.45) is 0.0237. The number of nitrogens with one attached hydrogen (secondary N) is 2. The molecular weight excluding hydrogens is 244 g/mol. The number of para-hydroxylation sites is 1. The monoisotopic (exact) mass is 266 g/mol. The molecule has 5 heteroatoms. The molecule has 0 fully saturated rings. The highest BCUT2D eigenvalue weighted by Gasteiger charge is 2.13. The van der Waals surface area contributed by atoms with Crippen LogP contribution in [0.25, 0.3) is 0 Å². The molecule has 0 aromatic heterocycles. The normalized spacial score (nSPS) is 13.7. The van der Waals surface area contributed by atoms with Gasteiger partial charge in [0, 0.05) is 18.3 Å². The molecule has 0 spiro atoms. The van der Waals surface area contributed by atoms with E-state index < -0.39 is 6.10 Å². The molecule has 1 aromatic rings. The van der Waals surface area contributed by atoms with E-state index in [1.54, 1.807) is 18.2 Å². The highest BCUT2D eigenvalue weighted by molar-refractivity contribution is 5.99. The summed E-state index contributed by atoms with van der Waals surface area (Å²) in [7, 11) is 0. The van der Waals surface area contributed by atoms with Crippen LogP contribution in [0.3, 0.4) is 0 Å². The second kappa shape index (κ2) is 7.76. The zero-order chi connectivity index (χ0) is 14.3. The van der Waals surface area contributed by atoms with Gasteiger partial charge in [0.05, 0.1) is 18.3 Å². The number of aliphatic hydroxyl groups excluding tert-OH is 2. The van der Waals surface area contributed by atoms with Crippen molar-refractivity contribution in [1.82, 2.24) is 5.32 Å². The largest absolute Gasteiger partial charge is 0.394 e. The second-order valence-electron chi connectivity index (χ2n) is 4.55. The molecule has 4 N–H and O–H groups in total. The first-order valence-corrected chi connectivity index (χ1v) is 6.51. The molecule has 1 rings (SSSR count). The van der Waals surface area contributed by atoms with Crippen molar-refractivity contribution in [1.29, 1.82) is 0 Å². The molecule has 1 aromatic carbocycles. The average Bonchev–Trinajstić information content (AvgIpc) is 2.44. The highest BCUT2D eigenvalue weighted by Crippen LogP contribution is 2.15. The van der Waals surface area contributed by atoms with Crippen LogP contribution in [0.1, 0.15) is 30.6 Å². The Balaban J connectivity index is 2.74. The third kappa shape index (κ3) is 4.89. The van der Waals surface area contributed by atoms with Crippen molar-refractivity contribution in [2.24, 2.45) is 0 Å². The molecule has 0 saturated heterocycles. The first kappa shape index (κ1) is 15.5. The number of anilines is 1. The average molecular weight is 266 g/mol. The quantitative estimate of drug-likeness (QED) is 0.593. The van der Waals surface area contributed by atoms with Gasteiger partial charge in [-0.1, -0.05) is 19.1 Å². The molecular formula is C14H22N2O3. The first-order chi connectivity index (χ1) is 9.08. The maximum absolute atomic E-state index is 12.1. The molecule has 1 amide bonds. The van der Waals surface area contributed by atoms with Crippen LogP contribution < -0.4 is 10.6 Å². The van der Waals surface area contributed by atoms with Crippen molar-refractivity contribution in [3.05, 3.63) is 29.8 Å². The minimum Gasteiger partial charge on any atom is -0.394 e. The Morgan fingerprint density at radius 1 is 1.37 bits per heavy atom. The zero-order valence-electron chi connectivity index (χ0n) is 11.4. The summed E-state index contributed by atoms with van der Waals surface area (Å²) in [5.41, 5.74) is 1.18. The summed E-state index contributed by atoms with van der Waals surface area (Å²) < 4.78 is 0. The van der Waals surface area contributed by atoms with Crippen molar-refractivity contribution in [3.8, 4) is 0 Å². The molecule has 0 bridgehead atoms. The van der Waals surface area contributed by atoms with Crippen LogP contribution in [0, 0.1) is 0 Å². The van der Waals surface area contributed by atoms with E-state index in [2.05, 4.69) is 10.6 Å². The Kier molecular flexibility index (Phi) is 6.32. The zero-order valence-corrected chi connectivity index (χ0v) is 11.4. The van der Waals surface area contributed by atoms with E-state index in [0.29, 0.717) is 11.3 Å². The molecule has 0 aliphatic rings. The summed E-state index contributed by atoms with van der Waals surface area (Å²) in [4.78, 5) is 12.1. The van der Waals surface area contributed by atoms with E-state index in [0.717, 1.165) is 6.42 Å². The number of hydrogen-bond donors (Lipinski definition) is 4. The molecule has 0 heterocycles. The lowest BCUT2D eigenvalue weighted by molar-refractivity contribution is 0.0939. The summed E-state index contributed by atoms with van der Waals surface area (Å²) in [6, 6.07) is 7.22. The Morgan fingerprint density at radius 2 is 2.05 bits per heavy atom. The minimum absolute atomic E-state index is 0.114. The number of hydrogen-bond acceptors (Lipinski definition) is 4. The van der Waals surface area contributed by atoms with Crippen molar-refractivity contribution in [3.63, 3.8) is 0 Å². The number of rotatable bonds is 7. The van der Waals surface area contributed by atoms with Crippen molar-refractivity contribution in [2.75, 3.05) is 18.5 Å². The smallest absolute Gasteiger partial charge is 0.253 e. The molecule has 2 atom stereocenters. The molecule has 2 unspecified atom stereocenters. The van der Waals surface area contributed by atoms with Crippen LogP contribution in [-0.4, -0.2) is 41.4 Å². The molecule has 0 radical (unpaired) electrons. The van der Waals surface area contributed by atoms with Crippen molar-refractivity contribution >= 4 is 11.6 Å². The Labute approximate surface area is 113 Å². The van der Waals surface area contributed by atoms with Gasteiger partial charge in [-0.3, -0.25) is 4.79 Å². The van der Waals surface area contributed by atoms with Gasteiger partial charge in [0.15, 0.2) is 0 Å². The summed E-state index contributed by atoms with van der Waals surface area (Å²) >= 11 is 0. The van der Waals surface area contributed by atoms with Gasteiger partial charge in [0.25, 0.3) is 5.91 Å². The number of aliphatic hydroxyl groups is 2. The van der Waals surface area contributed by atoms with Gasteiger partial charge in [-0.05, 0) is 25.5 Å². The van der Waals surface area contributed by atoms with Gasteiger partial charge in [-0.25, -0.2) is 0 Å². The topological polar surface area (TPSA) is 81.6 Å². The molecule has 0 saturated carbocycles. The van der Waals surface area contributed by atoms with E-state index in [4.69, 9.17) is 5.11 Å². The maximum atomic E-state index is 12.1. The van der Waals surface area contributed by atoms with Crippen LogP contribution in [0.5, 0.6) is 0 Å². The van der Waals surface area contributed by atoms with Gasteiger partial charge >= 0.3 is 0 Å². The van der Waals surface area contributed by atoms with Gasteiger partial charge in [-0.2, -0.15) is 0 Å². The van der Waals surface area contributed by atoms with Gasteiger partial charge in [0.1, 0.15) is 0 Å². The number of amides is 1. The van der Waals surface area contributed by atoms with E-state index in [-0.39, 0.29) is 25.1 Å². The van der Waals surface area contributed by atoms with Gasteiger partial charge in [0.2, 0.25) is 0 Å². The lowest BCUT2D eigenvalue weighted by Crippen LogP contribution is -2.32.